The number of rotatable bonds is 9. The summed E-state index contributed by atoms with van der Waals surface area (Å²) in [5.41, 5.74) is 1.35. The lowest BCUT2D eigenvalue weighted by Crippen LogP contribution is -2.28. The molecule has 1 aromatic heterocycles. The van der Waals surface area contributed by atoms with Crippen LogP contribution in [0.4, 0.5) is 0 Å². The Kier molecular flexibility index (Phi) is 8.04. The van der Waals surface area contributed by atoms with E-state index in [-0.39, 0.29) is 29.7 Å². The zero-order valence-corrected chi connectivity index (χ0v) is 21.4. The fraction of sp³-hybridized carbons (Fsp3) is 0.192. The van der Waals surface area contributed by atoms with Crippen LogP contribution in [-0.2, 0) is 11.3 Å². The molecule has 1 aliphatic heterocycles. The van der Waals surface area contributed by atoms with Gasteiger partial charge in [-0.1, -0.05) is 6.07 Å². The van der Waals surface area contributed by atoms with Gasteiger partial charge in [0.15, 0.2) is 28.2 Å². The molecule has 1 N–H and O–H groups in total. The van der Waals surface area contributed by atoms with Gasteiger partial charge in [0.05, 0.1) is 52.4 Å². The fourth-order valence-electron chi connectivity index (χ4n) is 3.51. The zero-order chi connectivity index (χ0) is 26.4. The lowest BCUT2D eigenvalue weighted by Gasteiger charge is -2.12. The average Bonchev–Trinajstić information content (AvgIpc) is 3.53. The maximum Gasteiger partial charge on any atom is 0.267 e. The number of phenols is 1. The van der Waals surface area contributed by atoms with Gasteiger partial charge in [0, 0.05) is 5.56 Å². The zero-order valence-electron chi connectivity index (χ0n) is 20.6. The van der Waals surface area contributed by atoms with E-state index in [2.05, 4.69) is 10.2 Å². The van der Waals surface area contributed by atoms with Gasteiger partial charge < -0.3 is 28.5 Å². The second-order valence-corrected chi connectivity index (χ2v) is 8.61. The van der Waals surface area contributed by atoms with Gasteiger partial charge in [-0.2, -0.15) is 5.10 Å². The van der Waals surface area contributed by atoms with Crippen LogP contribution < -0.4 is 18.9 Å². The number of amides is 1. The Hall–Kier alpha value is -4.38. The van der Waals surface area contributed by atoms with E-state index in [1.807, 2.05) is 6.07 Å². The molecule has 0 unspecified atom stereocenters. The second kappa shape index (κ2) is 11.6. The summed E-state index contributed by atoms with van der Waals surface area (Å²) in [5.74, 6) is 1.87. The summed E-state index contributed by atoms with van der Waals surface area (Å²) in [6.45, 7) is 0.192. The third kappa shape index (κ3) is 5.72. The van der Waals surface area contributed by atoms with E-state index in [4.69, 9.17) is 23.4 Å². The number of nitrogens with zero attached hydrogens (tertiary/aromatic N) is 3. The summed E-state index contributed by atoms with van der Waals surface area (Å²) >= 11 is 1.19. The van der Waals surface area contributed by atoms with Gasteiger partial charge in [0.25, 0.3) is 5.91 Å². The predicted molar refractivity (Wildman–Crippen MR) is 141 cm³/mol. The quantitative estimate of drug-likeness (QED) is 0.247. The van der Waals surface area contributed by atoms with E-state index in [1.165, 1.54) is 37.1 Å². The van der Waals surface area contributed by atoms with E-state index in [0.29, 0.717) is 32.9 Å². The highest BCUT2D eigenvalue weighted by Crippen LogP contribution is 2.37. The molecule has 1 aliphatic rings. The van der Waals surface area contributed by atoms with Gasteiger partial charge in [-0.3, -0.25) is 9.69 Å². The highest BCUT2D eigenvalue weighted by molar-refractivity contribution is 8.18. The highest BCUT2D eigenvalue weighted by Gasteiger charge is 2.34. The van der Waals surface area contributed by atoms with Crippen LogP contribution in [0, 0.1) is 0 Å². The number of thioether (sulfide) groups is 1. The molecule has 11 heteroatoms. The van der Waals surface area contributed by atoms with Crippen molar-refractivity contribution >= 4 is 35.1 Å². The number of hydrogen-bond donors (Lipinski definition) is 1. The number of phenolic OH excluding ortho intramolecular Hbond substituents is 1. The minimum absolute atomic E-state index is 0.111. The first-order valence-electron chi connectivity index (χ1n) is 11.0. The third-order valence-electron chi connectivity index (χ3n) is 5.34. The Morgan fingerprint density at radius 3 is 2.24 bits per heavy atom. The molecule has 2 heterocycles. The molecule has 1 amide bonds. The Morgan fingerprint density at radius 1 is 0.946 bits per heavy atom. The first kappa shape index (κ1) is 25.7. The van der Waals surface area contributed by atoms with Crippen molar-refractivity contribution < 1.29 is 33.3 Å². The van der Waals surface area contributed by atoms with Crippen molar-refractivity contribution in [2.24, 2.45) is 10.2 Å². The molecule has 3 aromatic rings. The van der Waals surface area contributed by atoms with Crippen LogP contribution in [-0.4, -0.2) is 55.7 Å². The predicted octanol–water partition coefficient (Wildman–Crippen LogP) is 4.53. The van der Waals surface area contributed by atoms with E-state index < -0.39 is 0 Å². The lowest BCUT2D eigenvalue weighted by atomic mass is 10.2. The van der Waals surface area contributed by atoms with Crippen LogP contribution in [0.1, 0.15) is 16.9 Å². The standard InChI is InChI=1S/C26H25N3O7S/c1-32-19-8-7-16(10-20(19)33-2)13-23-25(31)29(15-18-6-5-9-36-18)26(37-23)28-27-14-17-11-21(34-3)24(30)22(12-17)35-4/h5-14,30H,15H2,1-4H3/b23-13-,27-14+,28-26-. The average molecular weight is 524 g/mol. The number of ether oxygens (including phenoxy) is 4. The van der Waals surface area contributed by atoms with Crippen molar-refractivity contribution in [1.29, 1.82) is 0 Å². The van der Waals surface area contributed by atoms with Crippen molar-refractivity contribution in [1.82, 2.24) is 4.90 Å². The molecule has 2 aromatic carbocycles. The van der Waals surface area contributed by atoms with Crippen LogP contribution in [0.15, 0.2) is 68.3 Å². The number of methoxy groups -OCH3 is 4. The van der Waals surface area contributed by atoms with Gasteiger partial charge in [-0.25, -0.2) is 0 Å². The van der Waals surface area contributed by atoms with Gasteiger partial charge >= 0.3 is 0 Å². The molecule has 4 rings (SSSR count). The molecule has 0 saturated carbocycles. The molecule has 0 aliphatic carbocycles. The van der Waals surface area contributed by atoms with Crippen molar-refractivity contribution in [3.8, 4) is 28.7 Å². The molecule has 37 heavy (non-hydrogen) atoms. The number of aromatic hydroxyl groups is 1. The number of amidine groups is 1. The van der Waals surface area contributed by atoms with E-state index in [0.717, 1.165) is 5.56 Å². The summed E-state index contributed by atoms with van der Waals surface area (Å²) in [6.07, 6.45) is 4.78. The van der Waals surface area contributed by atoms with Crippen molar-refractivity contribution in [3.63, 3.8) is 0 Å². The first-order chi connectivity index (χ1) is 18.0. The molecule has 0 spiro atoms. The Morgan fingerprint density at radius 2 is 1.62 bits per heavy atom. The Labute approximate surface area is 217 Å². The van der Waals surface area contributed by atoms with Crippen LogP contribution in [0.2, 0.25) is 0 Å². The molecule has 10 nitrogen and oxygen atoms in total. The number of carbonyl (C=O) groups excluding carboxylic acids is 1. The number of hydrogen-bond acceptors (Lipinski definition) is 10. The van der Waals surface area contributed by atoms with E-state index in [9.17, 15) is 9.90 Å². The second-order valence-electron chi connectivity index (χ2n) is 7.60. The molecule has 192 valence electrons. The Balaban J connectivity index is 1.65. The molecule has 0 atom stereocenters. The molecular weight excluding hydrogens is 498 g/mol. The SMILES string of the molecule is COc1ccc(/C=C2\S/C(=N\N=C\c3cc(OC)c(O)c(OC)c3)N(Cc3ccco3)C2=O)cc1OC. The summed E-state index contributed by atoms with van der Waals surface area (Å²) in [4.78, 5) is 15.3. The van der Waals surface area contributed by atoms with E-state index in [1.54, 1.807) is 63.0 Å². The Bertz CT molecular complexity index is 1340. The smallest absolute Gasteiger partial charge is 0.267 e. The van der Waals surface area contributed by atoms with Crippen LogP contribution in [0.25, 0.3) is 6.08 Å². The van der Waals surface area contributed by atoms with Crippen LogP contribution in [0.3, 0.4) is 0 Å². The molecule has 0 bridgehead atoms. The van der Waals surface area contributed by atoms with Gasteiger partial charge in [0.1, 0.15) is 5.76 Å². The van der Waals surface area contributed by atoms with Gasteiger partial charge in [0.2, 0.25) is 5.75 Å². The van der Waals surface area contributed by atoms with Gasteiger partial charge in [-0.05, 0) is 59.8 Å². The summed E-state index contributed by atoms with van der Waals surface area (Å²) in [6, 6.07) is 12.1. The van der Waals surface area contributed by atoms with Crippen molar-refractivity contribution in [2.45, 2.75) is 6.54 Å². The maximum absolute atomic E-state index is 13.3. The fourth-order valence-corrected chi connectivity index (χ4v) is 4.44. The summed E-state index contributed by atoms with van der Waals surface area (Å²) in [7, 11) is 5.99. The molecule has 0 radical (unpaired) electrons. The summed E-state index contributed by atoms with van der Waals surface area (Å²) in [5, 5.41) is 19.0. The third-order valence-corrected chi connectivity index (χ3v) is 6.34. The normalized spacial score (nSPS) is 15.7. The van der Waals surface area contributed by atoms with Gasteiger partial charge in [-0.15, -0.1) is 5.10 Å². The molecule has 1 fully saturated rings. The van der Waals surface area contributed by atoms with Crippen LogP contribution in [0.5, 0.6) is 28.7 Å². The summed E-state index contributed by atoms with van der Waals surface area (Å²) < 4.78 is 26.5. The largest absolute Gasteiger partial charge is 0.502 e. The topological polar surface area (TPSA) is 115 Å². The number of benzene rings is 2. The van der Waals surface area contributed by atoms with Crippen molar-refractivity contribution in [3.05, 3.63) is 70.5 Å². The first-order valence-corrected chi connectivity index (χ1v) is 11.8. The lowest BCUT2D eigenvalue weighted by molar-refractivity contribution is -0.122. The maximum atomic E-state index is 13.3. The molecule has 1 saturated heterocycles. The highest BCUT2D eigenvalue weighted by atomic mass is 32.2. The number of furan rings is 1. The monoisotopic (exact) mass is 523 g/mol. The minimum Gasteiger partial charge on any atom is -0.502 e. The minimum atomic E-state index is -0.238. The van der Waals surface area contributed by atoms with Crippen molar-refractivity contribution in [2.75, 3.05) is 28.4 Å². The molecular formula is C26H25N3O7S. The van der Waals surface area contributed by atoms with Crippen LogP contribution >= 0.6 is 11.8 Å². The number of carbonyl (C=O) groups is 1. The van der Waals surface area contributed by atoms with E-state index >= 15 is 0 Å².